The van der Waals surface area contributed by atoms with Crippen molar-refractivity contribution >= 4 is 34.9 Å². The van der Waals surface area contributed by atoms with Crippen molar-refractivity contribution in [2.45, 2.75) is 13.0 Å². The first-order chi connectivity index (χ1) is 16.4. The van der Waals surface area contributed by atoms with Crippen molar-refractivity contribution in [2.24, 2.45) is 0 Å². The maximum Gasteiger partial charge on any atom is 0.324 e. The van der Waals surface area contributed by atoms with Crippen molar-refractivity contribution in [1.29, 1.82) is 0 Å². The Kier molecular flexibility index (Phi) is 6.98. The third-order valence-corrected chi connectivity index (χ3v) is 5.84. The second-order valence-corrected chi connectivity index (χ2v) is 8.19. The molecule has 0 saturated carbocycles. The molecule has 3 aromatic carbocycles. The summed E-state index contributed by atoms with van der Waals surface area (Å²) in [4.78, 5) is 29.1. The maximum atomic E-state index is 13.6. The number of methoxy groups -OCH3 is 1. The van der Waals surface area contributed by atoms with Crippen LogP contribution in [0.3, 0.4) is 0 Å². The highest BCUT2D eigenvalue weighted by Crippen LogP contribution is 2.34. The number of nitrogens with zero attached hydrogens (tertiary/aromatic N) is 2. The minimum absolute atomic E-state index is 0.137. The lowest BCUT2D eigenvalue weighted by Crippen LogP contribution is -2.49. The van der Waals surface area contributed by atoms with Crippen LogP contribution in [0.25, 0.3) is 0 Å². The standard InChI is InChI=1S/C25H22ClF2N3O3/c1-34-23-10-8-17(29-24(32)18-5-2-3-6-19(18)26)14-22(23)31-12-4-11-30(25(31)33)15-16-7-9-20(27)21(28)13-16/h2-3,5-10,13-14H,4,11-12,15H2,1H3,(H,29,32). The summed E-state index contributed by atoms with van der Waals surface area (Å²) in [6, 6.07) is 15.0. The van der Waals surface area contributed by atoms with Crippen molar-refractivity contribution < 1.29 is 23.1 Å². The molecule has 0 radical (unpaired) electrons. The summed E-state index contributed by atoms with van der Waals surface area (Å²) in [5.41, 5.74) is 1.76. The fraction of sp³-hybridized carbons (Fsp3) is 0.200. The molecule has 0 aromatic heterocycles. The molecule has 4 rings (SSSR count). The van der Waals surface area contributed by atoms with Crippen LogP contribution < -0.4 is 15.0 Å². The van der Waals surface area contributed by atoms with Gasteiger partial charge in [-0.1, -0.05) is 29.8 Å². The predicted molar refractivity (Wildman–Crippen MR) is 127 cm³/mol. The third-order valence-electron chi connectivity index (χ3n) is 5.51. The van der Waals surface area contributed by atoms with Crippen LogP contribution in [0.4, 0.5) is 25.0 Å². The van der Waals surface area contributed by atoms with Gasteiger partial charge in [0.15, 0.2) is 11.6 Å². The van der Waals surface area contributed by atoms with E-state index in [-0.39, 0.29) is 18.5 Å². The van der Waals surface area contributed by atoms with Crippen LogP contribution in [0.5, 0.6) is 5.75 Å². The molecule has 176 valence electrons. The fourth-order valence-corrected chi connectivity index (χ4v) is 4.05. The molecule has 1 N–H and O–H groups in total. The van der Waals surface area contributed by atoms with Gasteiger partial charge in [-0.3, -0.25) is 9.69 Å². The molecule has 0 atom stereocenters. The number of halogens is 3. The summed E-state index contributed by atoms with van der Waals surface area (Å²) < 4.78 is 32.3. The largest absolute Gasteiger partial charge is 0.495 e. The topological polar surface area (TPSA) is 61.9 Å². The molecule has 0 unspecified atom stereocenters. The van der Waals surface area contributed by atoms with Gasteiger partial charge in [0.25, 0.3) is 5.91 Å². The third kappa shape index (κ3) is 4.97. The molecule has 3 aromatic rings. The van der Waals surface area contributed by atoms with Gasteiger partial charge >= 0.3 is 6.03 Å². The molecule has 0 bridgehead atoms. The van der Waals surface area contributed by atoms with Crippen LogP contribution in [-0.4, -0.2) is 37.0 Å². The van der Waals surface area contributed by atoms with Crippen LogP contribution in [0.15, 0.2) is 60.7 Å². The van der Waals surface area contributed by atoms with Crippen molar-refractivity contribution in [2.75, 3.05) is 30.4 Å². The summed E-state index contributed by atoms with van der Waals surface area (Å²) in [7, 11) is 1.49. The summed E-state index contributed by atoms with van der Waals surface area (Å²) in [6.07, 6.45) is 0.661. The normalized spacial score (nSPS) is 13.7. The Morgan fingerprint density at radius 3 is 2.59 bits per heavy atom. The van der Waals surface area contributed by atoms with E-state index in [1.807, 2.05) is 0 Å². The lowest BCUT2D eigenvalue weighted by molar-refractivity contribution is 0.102. The zero-order valence-corrected chi connectivity index (χ0v) is 19.1. The van der Waals surface area contributed by atoms with E-state index in [4.69, 9.17) is 16.3 Å². The smallest absolute Gasteiger partial charge is 0.324 e. The Morgan fingerprint density at radius 1 is 1.06 bits per heavy atom. The van der Waals surface area contributed by atoms with Crippen molar-refractivity contribution in [3.63, 3.8) is 0 Å². The zero-order chi connectivity index (χ0) is 24.2. The zero-order valence-electron chi connectivity index (χ0n) is 18.4. The Bertz CT molecular complexity index is 1240. The van der Waals surface area contributed by atoms with Crippen LogP contribution in [-0.2, 0) is 6.54 Å². The molecule has 3 amide bonds. The van der Waals surface area contributed by atoms with E-state index in [1.165, 1.54) is 13.2 Å². The maximum absolute atomic E-state index is 13.6. The molecule has 6 nitrogen and oxygen atoms in total. The molecular weight excluding hydrogens is 464 g/mol. The van der Waals surface area contributed by atoms with Gasteiger partial charge < -0.3 is 15.0 Å². The molecule has 9 heteroatoms. The van der Waals surface area contributed by atoms with Crippen molar-refractivity contribution in [1.82, 2.24) is 4.90 Å². The number of carbonyl (C=O) groups is 2. The van der Waals surface area contributed by atoms with E-state index in [0.29, 0.717) is 52.8 Å². The highest BCUT2D eigenvalue weighted by molar-refractivity contribution is 6.34. The summed E-state index contributed by atoms with van der Waals surface area (Å²) in [5.74, 6) is -1.82. The van der Waals surface area contributed by atoms with Gasteiger partial charge in [0.2, 0.25) is 0 Å². The summed E-state index contributed by atoms with van der Waals surface area (Å²) >= 11 is 6.12. The fourth-order valence-electron chi connectivity index (χ4n) is 3.83. The summed E-state index contributed by atoms with van der Waals surface area (Å²) in [6.45, 7) is 1.04. The minimum atomic E-state index is -0.956. The number of urea groups is 1. The van der Waals surface area contributed by atoms with E-state index in [2.05, 4.69) is 5.32 Å². The molecule has 0 spiro atoms. The molecule has 1 fully saturated rings. The molecule has 34 heavy (non-hydrogen) atoms. The van der Waals surface area contributed by atoms with Crippen LogP contribution in [0.2, 0.25) is 5.02 Å². The Morgan fingerprint density at radius 2 is 1.85 bits per heavy atom. The number of nitrogens with one attached hydrogen (secondary N) is 1. The van der Waals surface area contributed by atoms with E-state index >= 15 is 0 Å². The lowest BCUT2D eigenvalue weighted by atomic mass is 10.1. The Balaban J connectivity index is 1.57. The number of rotatable bonds is 6. The number of carbonyl (C=O) groups excluding carboxylic acids is 2. The van der Waals surface area contributed by atoms with Crippen LogP contribution >= 0.6 is 11.6 Å². The number of hydrogen-bond donors (Lipinski definition) is 1. The predicted octanol–water partition coefficient (Wildman–Crippen LogP) is 5.71. The minimum Gasteiger partial charge on any atom is -0.495 e. The highest BCUT2D eigenvalue weighted by atomic mass is 35.5. The average Bonchev–Trinajstić information content (AvgIpc) is 2.83. The van der Waals surface area contributed by atoms with E-state index in [1.54, 1.807) is 52.3 Å². The monoisotopic (exact) mass is 485 g/mol. The lowest BCUT2D eigenvalue weighted by Gasteiger charge is -2.36. The van der Waals surface area contributed by atoms with Gasteiger partial charge in [0, 0.05) is 25.3 Å². The van der Waals surface area contributed by atoms with Crippen LogP contribution in [0, 0.1) is 11.6 Å². The van der Waals surface area contributed by atoms with Gasteiger partial charge in [-0.2, -0.15) is 0 Å². The second-order valence-electron chi connectivity index (χ2n) is 7.78. The molecule has 0 aliphatic carbocycles. The number of amides is 3. The highest BCUT2D eigenvalue weighted by Gasteiger charge is 2.29. The number of hydrogen-bond acceptors (Lipinski definition) is 3. The quantitative estimate of drug-likeness (QED) is 0.486. The number of anilines is 2. The van der Waals surface area contributed by atoms with Crippen LogP contribution in [0.1, 0.15) is 22.3 Å². The Labute approximate surface area is 200 Å². The number of benzene rings is 3. The van der Waals surface area contributed by atoms with E-state index < -0.39 is 11.6 Å². The number of ether oxygens (including phenoxy) is 1. The average molecular weight is 486 g/mol. The van der Waals surface area contributed by atoms with Crippen molar-refractivity contribution in [3.8, 4) is 5.75 Å². The van der Waals surface area contributed by atoms with Gasteiger partial charge in [-0.05, 0) is 54.4 Å². The van der Waals surface area contributed by atoms with E-state index in [9.17, 15) is 18.4 Å². The van der Waals surface area contributed by atoms with Gasteiger partial charge in [0.1, 0.15) is 5.75 Å². The molecule has 1 aliphatic rings. The summed E-state index contributed by atoms with van der Waals surface area (Å²) in [5, 5.41) is 3.13. The molecular formula is C25H22ClF2N3O3. The second kappa shape index (κ2) is 10.1. The molecule has 1 aliphatic heterocycles. The molecule has 1 saturated heterocycles. The van der Waals surface area contributed by atoms with E-state index in [0.717, 1.165) is 12.1 Å². The SMILES string of the molecule is COc1ccc(NC(=O)c2ccccc2Cl)cc1N1CCCN(Cc2ccc(F)c(F)c2)C1=O. The van der Waals surface area contributed by atoms with Crippen molar-refractivity contribution in [3.05, 3.63) is 88.4 Å². The molecule has 1 heterocycles. The Hall–Kier alpha value is -3.65. The first-order valence-corrected chi connectivity index (χ1v) is 11.0. The van der Waals surface area contributed by atoms with Gasteiger partial charge in [-0.25, -0.2) is 13.6 Å². The van der Waals surface area contributed by atoms with Gasteiger partial charge in [0.05, 0.1) is 23.4 Å². The first-order valence-electron chi connectivity index (χ1n) is 10.6. The van der Waals surface area contributed by atoms with Gasteiger partial charge in [-0.15, -0.1) is 0 Å². The first kappa shape index (κ1) is 23.5.